The lowest BCUT2D eigenvalue weighted by atomic mass is 9.97. The number of carbonyl (C=O) groups excluding carboxylic acids is 1. The minimum Gasteiger partial charge on any atom is -0.298 e. The van der Waals surface area contributed by atoms with Crippen molar-refractivity contribution in [2.45, 2.75) is 6.92 Å². The Hall–Kier alpha value is -2.48. The van der Waals surface area contributed by atoms with Crippen molar-refractivity contribution < 1.29 is 4.79 Å². The summed E-state index contributed by atoms with van der Waals surface area (Å²) in [5.41, 5.74) is 4.78. The number of aldehydes is 1. The fourth-order valence-electron chi connectivity index (χ4n) is 2.26. The molecule has 3 rings (SSSR count). The quantitative estimate of drug-likeness (QED) is 0.640. The number of carbonyl (C=O) groups is 1. The lowest BCUT2D eigenvalue weighted by Gasteiger charge is -2.07. The van der Waals surface area contributed by atoms with E-state index in [9.17, 15) is 4.79 Å². The van der Waals surface area contributed by atoms with Gasteiger partial charge in [0.15, 0.2) is 6.29 Å². The summed E-state index contributed by atoms with van der Waals surface area (Å²) < 4.78 is 0. The number of hydrogen-bond donors (Lipinski definition) is 0. The monoisotopic (exact) mass is 247 g/mol. The molecule has 0 radical (unpaired) electrons. The van der Waals surface area contributed by atoms with Crippen LogP contribution in [0.15, 0.2) is 54.7 Å². The van der Waals surface area contributed by atoms with Crippen LogP contribution in [0.2, 0.25) is 0 Å². The van der Waals surface area contributed by atoms with Crippen LogP contribution in [-0.2, 0) is 0 Å². The van der Waals surface area contributed by atoms with Crippen molar-refractivity contribution in [3.8, 4) is 11.1 Å². The first-order chi connectivity index (χ1) is 9.28. The summed E-state index contributed by atoms with van der Waals surface area (Å²) in [5, 5.41) is 1.10. The van der Waals surface area contributed by atoms with Crippen molar-refractivity contribution in [3.63, 3.8) is 0 Å². The molecule has 0 saturated carbocycles. The highest BCUT2D eigenvalue weighted by Gasteiger charge is 2.06. The summed E-state index contributed by atoms with van der Waals surface area (Å²) in [6.07, 6.45) is 2.68. The normalized spacial score (nSPS) is 10.6. The van der Waals surface area contributed by atoms with Gasteiger partial charge in [-0.15, -0.1) is 0 Å². The third-order valence-electron chi connectivity index (χ3n) is 3.25. The summed E-state index contributed by atoms with van der Waals surface area (Å²) in [6, 6.07) is 15.9. The fraction of sp³-hybridized carbons (Fsp3) is 0.0588. The maximum absolute atomic E-state index is 11.2. The van der Waals surface area contributed by atoms with Crippen LogP contribution in [-0.4, -0.2) is 11.3 Å². The molecule has 0 spiro atoms. The molecular weight excluding hydrogens is 234 g/mol. The number of aromatic nitrogens is 1. The molecule has 19 heavy (non-hydrogen) atoms. The number of nitrogens with zero attached hydrogens (tertiary/aromatic N) is 1. The second kappa shape index (κ2) is 4.65. The molecule has 0 bridgehead atoms. The lowest BCUT2D eigenvalue weighted by Crippen LogP contribution is -1.89. The van der Waals surface area contributed by atoms with Gasteiger partial charge in [0.25, 0.3) is 0 Å². The first kappa shape index (κ1) is 11.6. The SMILES string of the molecule is Cc1ccc(C=O)c(-c2ccc3cccnc3c2)c1. The number of hydrogen-bond acceptors (Lipinski definition) is 2. The smallest absolute Gasteiger partial charge is 0.150 e. The average molecular weight is 247 g/mol. The first-order valence-corrected chi connectivity index (χ1v) is 6.19. The molecule has 0 atom stereocenters. The van der Waals surface area contributed by atoms with Crippen LogP contribution in [0.1, 0.15) is 15.9 Å². The molecule has 0 aliphatic carbocycles. The van der Waals surface area contributed by atoms with Gasteiger partial charge >= 0.3 is 0 Å². The standard InChI is InChI=1S/C17H13NO/c1-12-4-5-15(11-19)16(9-12)14-7-6-13-3-2-8-18-17(13)10-14/h2-11H,1H3. The van der Waals surface area contributed by atoms with E-state index >= 15 is 0 Å². The van der Waals surface area contributed by atoms with E-state index in [1.165, 1.54) is 0 Å². The molecule has 0 fully saturated rings. The molecule has 1 heterocycles. The van der Waals surface area contributed by atoms with Gasteiger partial charge in [-0.1, -0.05) is 42.0 Å². The van der Waals surface area contributed by atoms with E-state index in [1.54, 1.807) is 6.20 Å². The predicted molar refractivity (Wildman–Crippen MR) is 77.3 cm³/mol. The highest BCUT2D eigenvalue weighted by Crippen LogP contribution is 2.26. The van der Waals surface area contributed by atoms with Gasteiger partial charge in [0.1, 0.15) is 0 Å². The van der Waals surface area contributed by atoms with Gasteiger partial charge < -0.3 is 0 Å². The molecule has 92 valence electrons. The highest BCUT2D eigenvalue weighted by atomic mass is 16.1. The summed E-state index contributed by atoms with van der Waals surface area (Å²) in [6.45, 7) is 2.03. The van der Waals surface area contributed by atoms with Crippen LogP contribution < -0.4 is 0 Å². The molecule has 2 nitrogen and oxygen atoms in total. The Labute approximate surface area is 111 Å². The third kappa shape index (κ3) is 2.13. The van der Waals surface area contributed by atoms with Gasteiger partial charge in [-0.25, -0.2) is 0 Å². The second-order valence-corrected chi connectivity index (χ2v) is 4.62. The van der Waals surface area contributed by atoms with Gasteiger partial charge in [-0.3, -0.25) is 9.78 Å². The van der Waals surface area contributed by atoms with E-state index in [-0.39, 0.29) is 0 Å². The van der Waals surface area contributed by atoms with Gasteiger partial charge in [-0.2, -0.15) is 0 Å². The average Bonchev–Trinajstić information content (AvgIpc) is 2.46. The Balaban J connectivity index is 2.24. The molecular formula is C17H13NO. The Bertz CT molecular complexity index is 762. The van der Waals surface area contributed by atoms with Crippen LogP contribution in [0.3, 0.4) is 0 Å². The molecule has 0 N–H and O–H groups in total. The highest BCUT2D eigenvalue weighted by molar-refractivity contribution is 5.91. The van der Waals surface area contributed by atoms with E-state index in [4.69, 9.17) is 0 Å². The van der Waals surface area contributed by atoms with Crippen molar-refractivity contribution in [1.82, 2.24) is 4.98 Å². The Morgan fingerprint density at radius 3 is 2.79 bits per heavy atom. The number of aryl methyl sites for hydroxylation is 1. The predicted octanol–water partition coefficient (Wildman–Crippen LogP) is 4.02. The zero-order valence-electron chi connectivity index (χ0n) is 10.6. The van der Waals surface area contributed by atoms with Crippen molar-refractivity contribution >= 4 is 17.2 Å². The van der Waals surface area contributed by atoms with Gasteiger partial charge in [0, 0.05) is 17.1 Å². The lowest BCUT2D eigenvalue weighted by molar-refractivity contribution is 0.112. The zero-order chi connectivity index (χ0) is 13.2. The van der Waals surface area contributed by atoms with Crippen molar-refractivity contribution in [1.29, 1.82) is 0 Å². The molecule has 3 aromatic rings. The number of pyridine rings is 1. The fourth-order valence-corrected chi connectivity index (χ4v) is 2.26. The van der Waals surface area contributed by atoms with Crippen molar-refractivity contribution in [2.24, 2.45) is 0 Å². The van der Waals surface area contributed by atoms with E-state index < -0.39 is 0 Å². The van der Waals surface area contributed by atoms with E-state index in [0.717, 1.165) is 33.9 Å². The number of fused-ring (bicyclic) bond motifs is 1. The van der Waals surface area contributed by atoms with Crippen LogP contribution in [0, 0.1) is 6.92 Å². The zero-order valence-corrected chi connectivity index (χ0v) is 10.6. The molecule has 0 aliphatic rings. The van der Waals surface area contributed by atoms with Crippen LogP contribution in [0.4, 0.5) is 0 Å². The van der Waals surface area contributed by atoms with Crippen LogP contribution in [0.25, 0.3) is 22.0 Å². The van der Waals surface area contributed by atoms with Crippen molar-refractivity contribution in [2.75, 3.05) is 0 Å². The molecule has 1 aromatic heterocycles. The molecule has 0 aliphatic heterocycles. The Kier molecular flexibility index (Phi) is 2.84. The minimum absolute atomic E-state index is 0.709. The van der Waals surface area contributed by atoms with E-state index in [2.05, 4.69) is 4.98 Å². The summed E-state index contributed by atoms with van der Waals surface area (Å²) >= 11 is 0. The topological polar surface area (TPSA) is 30.0 Å². The van der Waals surface area contributed by atoms with Crippen LogP contribution in [0.5, 0.6) is 0 Å². The van der Waals surface area contributed by atoms with E-state index in [1.807, 2.05) is 55.5 Å². The Morgan fingerprint density at radius 1 is 1.05 bits per heavy atom. The Morgan fingerprint density at radius 2 is 1.95 bits per heavy atom. The van der Waals surface area contributed by atoms with Gasteiger partial charge in [0.2, 0.25) is 0 Å². The number of benzene rings is 2. The molecule has 2 heteroatoms. The largest absolute Gasteiger partial charge is 0.298 e. The maximum Gasteiger partial charge on any atom is 0.150 e. The summed E-state index contributed by atoms with van der Waals surface area (Å²) in [4.78, 5) is 15.5. The van der Waals surface area contributed by atoms with Gasteiger partial charge in [-0.05, 0) is 30.2 Å². The first-order valence-electron chi connectivity index (χ1n) is 6.19. The third-order valence-corrected chi connectivity index (χ3v) is 3.25. The van der Waals surface area contributed by atoms with Crippen molar-refractivity contribution in [3.05, 3.63) is 65.9 Å². The van der Waals surface area contributed by atoms with E-state index in [0.29, 0.717) is 5.56 Å². The molecule has 2 aromatic carbocycles. The number of rotatable bonds is 2. The summed E-state index contributed by atoms with van der Waals surface area (Å²) in [5.74, 6) is 0. The molecule has 0 amide bonds. The molecule has 0 saturated heterocycles. The van der Waals surface area contributed by atoms with Crippen LogP contribution >= 0.6 is 0 Å². The molecule has 0 unspecified atom stereocenters. The minimum atomic E-state index is 0.709. The van der Waals surface area contributed by atoms with Gasteiger partial charge in [0.05, 0.1) is 5.52 Å². The maximum atomic E-state index is 11.2. The summed E-state index contributed by atoms with van der Waals surface area (Å²) in [7, 11) is 0. The second-order valence-electron chi connectivity index (χ2n) is 4.62.